The third kappa shape index (κ3) is 3.90. The second-order valence-corrected chi connectivity index (χ2v) is 6.94. The summed E-state index contributed by atoms with van der Waals surface area (Å²) in [6.07, 6.45) is 4.61. The summed E-state index contributed by atoms with van der Waals surface area (Å²) in [6, 6.07) is 6.51. The lowest BCUT2D eigenvalue weighted by molar-refractivity contribution is -0.119. The van der Waals surface area contributed by atoms with Crippen molar-refractivity contribution in [3.8, 4) is 5.69 Å². The van der Waals surface area contributed by atoms with Crippen molar-refractivity contribution >= 4 is 17.7 Å². The molecule has 0 unspecified atom stereocenters. The van der Waals surface area contributed by atoms with E-state index in [9.17, 15) is 4.79 Å². The number of carbonyl (C=O) groups excluding carboxylic acids is 1. The zero-order chi connectivity index (χ0) is 16.2. The maximum absolute atomic E-state index is 12.1. The van der Waals surface area contributed by atoms with Crippen LogP contribution in [0.15, 0.2) is 23.4 Å². The first-order chi connectivity index (χ1) is 11.1. The van der Waals surface area contributed by atoms with E-state index in [1.54, 1.807) is 4.68 Å². The molecule has 1 saturated carbocycles. The van der Waals surface area contributed by atoms with Crippen LogP contribution in [-0.4, -0.2) is 37.9 Å². The Morgan fingerprint density at radius 3 is 2.91 bits per heavy atom. The first kappa shape index (κ1) is 16.0. The van der Waals surface area contributed by atoms with Gasteiger partial charge in [-0.25, -0.2) is 0 Å². The zero-order valence-electron chi connectivity index (χ0n) is 13.5. The van der Waals surface area contributed by atoms with Crippen LogP contribution in [-0.2, 0) is 4.79 Å². The largest absolute Gasteiger partial charge is 0.353 e. The maximum atomic E-state index is 12.1. The van der Waals surface area contributed by atoms with Gasteiger partial charge in [0.15, 0.2) is 0 Å². The van der Waals surface area contributed by atoms with Crippen LogP contribution >= 0.6 is 11.8 Å². The summed E-state index contributed by atoms with van der Waals surface area (Å²) in [6.45, 7) is 4.06. The number of aryl methyl sites for hydroxylation is 2. The molecule has 122 valence electrons. The van der Waals surface area contributed by atoms with Crippen LogP contribution in [0.4, 0.5) is 0 Å². The van der Waals surface area contributed by atoms with Gasteiger partial charge in [-0.05, 0) is 54.3 Å². The number of benzene rings is 1. The monoisotopic (exact) mass is 331 g/mol. The van der Waals surface area contributed by atoms with E-state index in [1.807, 2.05) is 26.0 Å². The normalized spacial score (nSPS) is 15.0. The van der Waals surface area contributed by atoms with Crippen LogP contribution < -0.4 is 5.32 Å². The Bertz CT molecular complexity index is 694. The van der Waals surface area contributed by atoms with E-state index in [2.05, 4.69) is 26.9 Å². The fraction of sp³-hybridized carbons (Fsp3) is 0.500. The summed E-state index contributed by atoms with van der Waals surface area (Å²) >= 11 is 1.37. The van der Waals surface area contributed by atoms with Gasteiger partial charge in [0.25, 0.3) is 0 Å². The number of amides is 1. The van der Waals surface area contributed by atoms with Crippen molar-refractivity contribution in [2.45, 2.75) is 50.7 Å². The highest BCUT2D eigenvalue weighted by atomic mass is 32.2. The SMILES string of the molecule is Cc1ccc(C)c(-n2nnnc2SCC(=O)NC2CCCC2)c1. The number of hydrogen-bond donors (Lipinski definition) is 1. The van der Waals surface area contributed by atoms with E-state index in [1.165, 1.54) is 24.6 Å². The van der Waals surface area contributed by atoms with Crippen molar-refractivity contribution in [3.05, 3.63) is 29.3 Å². The number of hydrogen-bond acceptors (Lipinski definition) is 5. The van der Waals surface area contributed by atoms with Gasteiger partial charge in [0.1, 0.15) is 0 Å². The molecule has 1 aromatic carbocycles. The number of aromatic nitrogens is 4. The van der Waals surface area contributed by atoms with E-state index in [0.29, 0.717) is 17.0 Å². The van der Waals surface area contributed by atoms with Crippen molar-refractivity contribution in [2.24, 2.45) is 0 Å². The predicted octanol–water partition coefficient (Wildman–Crippen LogP) is 2.43. The second kappa shape index (κ2) is 7.12. The van der Waals surface area contributed by atoms with Crippen LogP contribution in [0.3, 0.4) is 0 Å². The predicted molar refractivity (Wildman–Crippen MR) is 89.8 cm³/mol. The van der Waals surface area contributed by atoms with E-state index in [-0.39, 0.29) is 5.91 Å². The van der Waals surface area contributed by atoms with Crippen molar-refractivity contribution in [1.29, 1.82) is 0 Å². The molecule has 0 bridgehead atoms. The molecular weight excluding hydrogens is 310 g/mol. The molecule has 0 saturated heterocycles. The Balaban J connectivity index is 1.66. The van der Waals surface area contributed by atoms with E-state index < -0.39 is 0 Å². The van der Waals surface area contributed by atoms with Crippen LogP contribution in [0.2, 0.25) is 0 Å². The molecular formula is C16H21N5OS. The van der Waals surface area contributed by atoms with Crippen LogP contribution in [0.1, 0.15) is 36.8 Å². The molecule has 0 radical (unpaired) electrons. The lowest BCUT2D eigenvalue weighted by Gasteiger charge is -2.11. The Labute approximate surface area is 140 Å². The van der Waals surface area contributed by atoms with Crippen LogP contribution in [0.25, 0.3) is 5.69 Å². The van der Waals surface area contributed by atoms with Gasteiger partial charge < -0.3 is 5.32 Å². The first-order valence-corrected chi connectivity index (χ1v) is 8.90. The summed E-state index contributed by atoms with van der Waals surface area (Å²) in [5, 5.41) is 15.6. The topological polar surface area (TPSA) is 72.7 Å². The number of thioether (sulfide) groups is 1. The number of nitrogens with one attached hydrogen (secondary N) is 1. The minimum atomic E-state index is 0.0532. The fourth-order valence-corrected chi connectivity index (χ4v) is 3.53. The van der Waals surface area contributed by atoms with E-state index in [4.69, 9.17) is 0 Å². The van der Waals surface area contributed by atoms with Crippen molar-refractivity contribution in [3.63, 3.8) is 0 Å². The van der Waals surface area contributed by atoms with Gasteiger partial charge in [0, 0.05) is 6.04 Å². The molecule has 1 amide bonds. The fourth-order valence-electron chi connectivity index (χ4n) is 2.84. The summed E-state index contributed by atoms with van der Waals surface area (Å²) in [5.74, 6) is 0.388. The zero-order valence-corrected chi connectivity index (χ0v) is 14.3. The summed E-state index contributed by atoms with van der Waals surface area (Å²) in [5.41, 5.74) is 3.20. The Morgan fingerprint density at radius 2 is 2.13 bits per heavy atom. The van der Waals surface area contributed by atoms with Gasteiger partial charge in [-0.1, -0.05) is 36.7 Å². The third-order valence-electron chi connectivity index (χ3n) is 4.09. The van der Waals surface area contributed by atoms with Gasteiger partial charge in [-0.3, -0.25) is 4.79 Å². The molecule has 23 heavy (non-hydrogen) atoms. The lowest BCUT2D eigenvalue weighted by Crippen LogP contribution is -2.33. The molecule has 0 aliphatic heterocycles. The van der Waals surface area contributed by atoms with Crippen LogP contribution in [0, 0.1) is 13.8 Å². The van der Waals surface area contributed by atoms with Crippen molar-refractivity contribution < 1.29 is 4.79 Å². The van der Waals surface area contributed by atoms with Gasteiger partial charge >= 0.3 is 0 Å². The molecule has 0 spiro atoms. The second-order valence-electron chi connectivity index (χ2n) is 6.00. The molecule has 1 heterocycles. The first-order valence-electron chi connectivity index (χ1n) is 7.91. The van der Waals surface area contributed by atoms with Crippen LogP contribution in [0.5, 0.6) is 0 Å². The molecule has 1 fully saturated rings. The van der Waals surface area contributed by atoms with Gasteiger partial charge in [0.05, 0.1) is 11.4 Å². The molecule has 0 atom stereocenters. The van der Waals surface area contributed by atoms with Crippen molar-refractivity contribution in [2.75, 3.05) is 5.75 Å². The van der Waals surface area contributed by atoms with Gasteiger partial charge in [-0.2, -0.15) is 4.68 Å². The quantitative estimate of drug-likeness (QED) is 0.852. The Kier molecular flexibility index (Phi) is 4.95. The summed E-state index contributed by atoms with van der Waals surface area (Å²) in [7, 11) is 0. The molecule has 7 heteroatoms. The smallest absolute Gasteiger partial charge is 0.230 e. The van der Waals surface area contributed by atoms with Crippen molar-refractivity contribution in [1.82, 2.24) is 25.5 Å². The highest BCUT2D eigenvalue weighted by molar-refractivity contribution is 7.99. The molecule has 1 aliphatic carbocycles. The average molecular weight is 331 g/mol. The third-order valence-corrected chi connectivity index (χ3v) is 5.01. The molecule has 1 aromatic heterocycles. The summed E-state index contributed by atoms with van der Waals surface area (Å²) < 4.78 is 1.70. The van der Waals surface area contributed by atoms with Gasteiger partial charge in [0.2, 0.25) is 11.1 Å². The average Bonchev–Trinajstić information content (AvgIpc) is 3.19. The van der Waals surface area contributed by atoms with E-state index >= 15 is 0 Å². The maximum Gasteiger partial charge on any atom is 0.230 e. The minimum absolute atomic E-state index is 0.0532. The molecule has 1 aliphatic rings. The Hall–Kier alpha value is -1.89. The molecule has 2 aromatic rings. The molecule has 1 N–H and O–H groups in total. The molecule has 6 nitrogen and oxygen atoms in total. The van der Waals surface area contributed by atoms with E-state index in [0.717, 1.165) is 29.7 Å². The standard InChI is InChI=1S/C16H21N5OS/c1-11-7-8-12(2)14(9-11)21-16(18-19-20-21)23-10-15(22)17-13-5-3-4-6-13/h7-9,13H,3-6,10H2,1-2H3,(H,17,22). The molecule has 3 rings (SSSR count). The Morgan fingerprint density at radius 1 is 1.35 bits per heavy atom. The number of rotatable bonds is 5. The minimum Gasteiger partial charge on any atom is -0.353 e. The highest BCUT2D eigenvalue weighted by Crippen LogP contribution is 2.22. The summed E-state index contributed by atoms with van der Waals surface area (Å²) in [4.78, 5) is 12.1. The number of tetrazole rings is 1. The number of nitrogens with zero attached hydrogens (tertiary/aromatic N) is 4. The number of carbonyl (C=O) groups is 1. The lowest BCUT2D eigenvalue weighted by atomic mass is 10.1. The highest BCUT2D eigenvalue weighted by Gasteiger charge is 2.18. The van der Waals surface area contributed by atoms with Gasteiger partial charge in [-0.15, -0.1) is 5.10 Å².